The first kappa shape index (κ1) is 13.8. The van der Waals surface area contributed by atoms with Crippen LogP contribution in [0.2, 0.25) is 0 Å². The van der Waals surface area contributed by atoms with Gasteiger partial charge in [0, 0.05) is 18.5 Å². The van der Waals surface area contributed by atoms with Gasteiger partial charge in [-0.25, -0.2) is 14.6 Å². The molecule has 7 heteroatoms. The predicted octanol–water partition coefficient (Wildman–Crippen LogP) is 1.78. The summed E-state index contributed by atoms with van der Waals surface area (Å²) in [6.07, 6.45) is 2.16. The number of nitrogens with one attached hydrogen (secondary N) is 1. The van der Waals surface area contributed by atoms with Crippen LogP contribution in [0.4, 0.5) is 4.79 Å². The monoisotopic (exact) mass is 283 g/mol. The molecule has 2 N–H and O–H groups in total. The van der Waals surface area contributed by atoms with Gasteiger partial charge in [0.1, 0.15) is 5.01 Å². The van der Waals surface area contributed by atoms with Gasteiger partial charge in [0.25, 0.3) is 0 Å². The van der Waals surface area contributed by atoms with Crippen LogP contribution in [0, 0.1) is 5.92 Å². The minimum Gasteiger partial charge on any atom is -0.476 e. The van der Waals surface area contributed by atoms with E-state index in [0.717, 1.165) is 25.9 Å². The average Bonchev–Trinajstić information content (AvgIpc) is 3.04. The van der Waals surface area contributed by atoms with Crippen LogP contribution in [-0.2, 0) is 6.54 Å². The van der Waals surface area contributed by atoms with E-state index in [1.54, 1.807) is 4.90 Å². The van der Waals surface area contributed by atoms with Crippen LogP contribution in [0.15, 0.2) is 5.38 Å². The summed E-state index contributed by atoms with van der Waals surface area (Å²) in [7, 11) is 0. The van der Waals surface area contributed by atoms with Crippen LogP contribution in [0.1, 0.15) is 35.3 Å². The maximum Gasteiger partial charge on any atom is 0.355 e. The number of likely N-dealkylation sites (tertiary alicyclic amines) is 1. The Morgan fingerprint density at radius 3 is 3.00 bits per heavy atom. The van der Waals surface area contributed by atoms with Gasteiger partial charge in [0.15, 0.2) is 5.69 Å². The molecule has 1 unspecified atom stereocenters. The van der Waals surface area contributed by atoms with Crippen molar-refractivity contribution in [2.45, 2.75) is 26.3 Å². The van der Waals surface area contributed by atoms with Gasteiger partial charge in [-0.05, 0) is 12.3 Å². The highest BCUT2D eigenvalue weighted by atomic mass is 32.1. The first-order valence-corrected chi connectivity index (χ1v) is 7.18. The summed E-state index contributed by atoms with van der Waals surface area (Å²) in [5, 5.41) is 13.6. The Morgan fingerprint density at radius 1 is 1.63 bits per heavy atom. The molecule has 0 saturated carbocycles. The zero-order chi connectivity index (χ0) is 13.8. The van der Waals surface area contributed by atoms with Crippen molar-refractivity contribution in [2.75, 3.05) is 13.1 Å². The van der Waals surface area contributed by atoms with Crippen molar-refractivity contribution in [2.24, 2.45) is 5.92 Å². The van der Waals surface area contributed by atoms with Gasteiger partial charge in [-0.15, -0.1) is 11.3 Å². The molecule has 0 aliphatic carbocycles. The lowest BCUT2D eigenvalue weighted by atomic mass is 10.1. The fourth-order valence-corrected chi connectivity index (χ4v) is 2.81. The summed E-state index contributed by atoms with van der Waals surface area (Å²) >= 11 is 1.24. The molecular formula is C12H17N3O3S. The van der Waals surface area contributed by atoms with E-state index in [2.05, 4.69) is 17.2 Å². The number of aromatic carboxylic acids is 1. The molecule has 1 aromatic rings. The molecule has 1 fully saturated rings. The Hall–Kier alpha value is -1.63. The lowest BCUT2D eigenvalue weighted by molar-refractivity contribution is 0.0691. The first-order chi connectivity index (χ1) is 9.10. The van der Waals surface area contributed by atoms with E-state index in [1.807, 2.05) is 0 Å². The Bertz CT molecular complexity index is 475. The van der Waals surface area contributed by atoms with Gasteiger partial charge < -0.3 is 15.3 Å². The molecule has 1 aliphatic heterocycles. The quantitative estimate of drug-likeness (QED) is 0.882. The van der Waals surface area contributed by atoms with E-state index in [4.69, 9.17) is 5.11 Å². The number of rotatable bonds is 4. The molecule has 0 radical (unpaired) electrons. The highest BCUT2D eigenvalue weighted by molar-refractivity contribution is 7.09. The Kier molecular flexibility index (Phi) is 4.36. The van der Waals surface area contributed by atoms with Crippen molar-refractivity contribution in [3.8, 4) is 0 Å². The van der Waals surface area contributed by atoms with Gasteiger partial charge >= 0.3 is 12.0 Å². The molecule has 1 aliphatic rings. The molecule has 0 bridgehead atoms. The smallest absolute Gasteiger partial charge is 0.355 e. The Labute approximate surface area is 115 Å². The third-order valence-corrected chi connectivity index (χ3v) is 4.16. The van der Waals surface area contributed by atoms with Gasteiger partial charge in [0.2, 0.25) is 0 Å². The van der Waals surface area contributed by atoms with Crippen LogP contribution in [0.3, 0.4) is 0 Å². The zero-order valence-corrected chi connectivity index (χ0v) is 11.6. The van der Waals surface area contributed by atoms with Gasteiger partial charge in [0.05, 0.1) is 6.54 Å². The fourth-order valence-electron chi connectivity index (χ4n) is 2.10. The molecule has 1 atom stereocenters. The topological polar surface area (TPSA) is 82.5 Å². The Morgan fingerprint density at radius 2 is 2.42 bits per heavy atom. The van der Waals surface area contributed by atoms with E-state index in [1.165, 1.54) is 16.7 Å². The van der Waals surface area contributed by atoms with E-state index >= 15 is 0 Å². The molecule has 19 heavy (non-hydrogen) atoms. The summed E-state index contributed by atoms with van der Waals surface area (Å²) in [5.41, 5.74) is 0.0291. The second-order valence-corrected chi connectivity index (χ2v) is 5.54. The number of carbonyl (C=O) groups is 2. The summed E-state index contributed by atoms with van der Waals surface area (Å²) in [5.74, 6) is -0.441. The number of carbonyl (C=O) groups excluding carboxylic acids is 1. The van der Waals surface area contributed by atoms with Crippen LogP contribution >= 0.6 is 11.3 Å². The van der Waals surface area contributed by atoms with Crippen LogP contribution in [0.25, 0.3) is 0 Å². The number of carboxylic acid groups (broad SMARTS) is 1. The summed E-state index contributed by atoms with van der Waals surface area (Å²) in [6.45, 7) is 4.02. The molecule has 2 heterocycles. The van der Waals surface area contributed by atoms with Crippen LogP contribution in [-0.4, -0.2) is 40.1 Å². The minimum atomic E-state index is -1.04. The third kappa shape index (κ3) is 3.44. The molecule has 0 aromatic carbocycles. The summed E-state index contributed by atoms with van der Waals surface area (Å²) in [6, 6.07) is -0.0944. The van der Waals surface area contributed by atoms with Gasteiger partial charge in [-0.3, -0.25) is 0 Å². The zero-order valence-electron chi connectivity index (χ0n) is 10.8. The number of amides is 2. The molecule has 1 saturated heterocycles. The molecule has 2 amide bonds. The number of hydrogen-bond donors (Lipinski definition) is 2. The number of hydrogen-bond acceptors (Lipinski definition) is 4. The van der Waals surface area contributed by atoms with Crippen molar-refractivity contribution in [1.82, 2.24) is 15.2 Å². The molecule has 0 spiro atoms. The maximum absolute atomic E-state index is 11.9. The fraction of sp³-hybridized carbons (Fsp3) is 0.583. The van der Waals surface area contributed by atoms with E-state index < -0.39 is 5.97 Å². The van der Waals surface area contributed by atoms with Crippen molar-refractivity contribution in [1.29, 1.82) is 0 Å². The van der Waals surface area contributed by atoms with E-state index in [9.17, 15) is 9.59 Å². The third-order valence-electron chi connectivity index (χ3n) is 3.31. The summed E-state index contributed by atoms with van der Waals surface area (Å²) in [4.78, 5) is 28.3. The molecule has 104 valence electrons. The molecule has 6 nitrogen and oxygen atoms in total. The average molecular weight is 283 g/mol. The number of thiazole rings is 1. The Balaban J connectivity index is 1.81. The SMILES string of the molecule is CCC1CCN(C(=O)NCc2nc(C(=O)O)cs2)C1. The molecular weight excluding hydrogens is 266 g/mol. The second-order valence-electron chi connectivity index (χ2n) is 4.60. The normalized spacial score (nSPS) is 18.6. The molecule has 2 rings (SSSR count). The second kappa shape index (κ2) is 6.01. The van der Waals surface area contributed by atoms with Crippen molar-refractivity contribution in [3.05, 3.63) is 16.1 Å². The lowest BCUT2D eigenvalue weighted by Crippen LogP contribution is -2.38. The number of nitrogens with zero attached hydrogens (tertiary/aromatic N) is 2. The van der Waals surface area contributed by atoms with Crippen molar-refractivity contribution in [3.63, 3.8) is 0 Å². The number of urea groups is 1. The van der Waals surface area contributed by atoms with Crippen LogP contribution < -0.4 is 5.32 Å². The maximum atomic E-state index is 11.9. The largest absolute Gasteiger partial charge is 0.476 e. The van der Waals surface area contributed by atoms with Crippen molar-refractivity contribution >= 4 is 23.3 Å². The highest BCUT2D eigenvalue weighted by Crippen LogP contribution is 2.19. The van der Waals surface area contributed by atoms with Crippen LogP contribution in [0.5, 0.6) is 0 Å². The van der Waals surface area contributed by atoms with E-state index in [-0.39, 0.29) is 18.3 Å². The standard InChI is InChI=1S/C12H17N3O3S/c1-2-8-3-4-15(6-8)12(18)13-5-10-14-9(7-19-10)11(16)17/h7-8H,2-6H2,1H3,(H,13,18)(H,16,17). The lowest BCUT2D eigenvalue weighted by Gasteiger charge is -2.16. The van der Waals surface area contributed by atoms with Gasteiger partial charge in [-0.1, -0.05) is 13.3 Å². The number of carboxylic acids is 1. The first-order valence-electron chi connectivity index (χ1n) is 6.30. The minimum absolute atomic E-state index is 0.0291. The highest BCUT2D eigenvalue weighted by Gasteiger charge is 2.24. The number of aromatic nitrogens is 1. The predicted molar refractivity (Wildman–Crippen MR) is 71.3 cm³/mol. The van der Waals surface area contributed by atoms with E-state index in [0.29, 0.717) is 10.9 Å². The molecule has 1 aromatic heterocycles. The summed E-state index contributed by atoms with van der Waals surface area (Å²) < 4.78 is 0. The van der Waals surface area contributed by atoms with Crippen molar-refractivity contribution < 1.29 is 14.7 Å². The van der Waals surface area contributed by atoms with Gasteiger partial charge in [-0.2, -0.15) is 0 Å².